The summed E-state index contributed by atoms with van der Waals surface area (Å²) in [5.74, 6) is 0. The van der Waals surface area contributed by atoms with E-state index in [0.29, 0.717) is 11.8 Å². The summed E-state index contributed by atoms with van der Waals surface area (Å²) in [6.45, 7) is 8.27. The molecule has 0 aliphatic rings. The first kappa shape index (κ1) is 19.9. The number of rotatable bonds is 7. The number of pyridine rings is 1. The van der Waals surface area contributed by atoms with Crippen molar-refractivity contribution in [1.29, 1.82) is 0 Å². The number of fused-ring (bicyclic) bond motifs is 1. The van der Waals surface area contributed by atoms with Gasteiger partial charge in [0.1, 0.15) is 18.1 Å². The molecular weight excluding hydrogens is 400 g/mol. The number of nitrogens with zero attached hydrogens (tertiary/aromatic N) is 4. The summed E-state index contributed by atoms with van der Waals surface area (Å²) in [4.78, 5) is 4.33. The Bertz CT molecular complexity index is 1110. The summed E-state index contributed by atoms with van der Waals surface area (Å²) < 4.78 is 9.80. The van der Waals surface area contributed by atoms with Gasteiger partial charge in [-0.3, -0.25) is 0 Å². The van der Waals surface area contributed by atoms with Crippen molar-refractivity contribution in [3.8, 4) is 22.4 Å². The van der Waals surface area contributed by atoms with Crippen molar-refractivity contribution in [2.75, 3.05) is 6.61 Å². The van der Waals surface area contributed by atoms with Crippen molar-refractivity contribution in [3.63, 3.8) is 0 Å². The van der Waals surface area contributed by atoms with Gasteiger partial charge in [-0.25, -0.2) is 9.67 Å². The van der Waals surface area contributed by atoms with E-state index in [2.05, 4.69) is 43.1 Å². The zero-order chi connectivity index (χ0) is 20.4. The number of aromatic nitrogens is 4. The van der Waals surface area contributed by atoms with Gasteiger partial charge in [0, 0.05) is 61.2 Å². The van der Waals surface area contributed by atoms with Crippen LogP contribution in [0.3, 0.4) is 0 Å². The standard InChI is InChI=1S/C22H25ClN4OSi/c1-29(2,3)13-12-28-16-27-15-20(18-6-9-21-24-10-11-26(21)14-18)22(25-27)17-4-7-19(23)8-5-17/h4-11,14-15H,12-13,16H2,1-3H3. The van der Waals surface area contributed by atoms with Gasteiger partial charge in [-0.1, -0.05) is 43.4 Å². The molecule has 0 fully saturated rings. The lowest BCUT2D eigenvalue weighted by Gasteiger charge is -2.15. The Morgan fingerprint density at radius 3 is 2.52 bits per heavy atom. The number of imidazole rings is 1. The maximum atomic E-state index is 6.08. The van der Waals surface area contributed by atoms with Crippen LogP contribution in [0, 0.1) is 0 Å². The summed E-state index contributed by atoms with van der Waals surface area (Å²) in [6.07, 6.45) is 7.88. The molecule has 0 saturated heterocycles. The fourth-order valence-corrected chi connectivity index (χ4v) is 4.02. The molecule has 0 aliphatic carbocycles. The minimum Gasteiger partial charge on any atom is -0.360 e. The van der Waals surface area contributed by atoms with Crippen molar-refractivity contribution < 1.29 is 4.74 Å². The Labute approximate surface area is 176 Å². The van der Waals surface area contributed by atoms with Gasteiger partial charge in [-0.15, -0.1) is 0 Å². The molecule has 4 aromatic rings. The zero-order valence-corrected chi connectivity index (χ0v) is 18.7. The molecule has 1 aromatic carbocycles. The SMILES string of the molecule is C[Si](C)(C)CCOCn1cc(-c2ccc3nccn3c2)c(-c2ccc(Cl)cc2)n1. The molecule has 3 heterocycles. The topological polar surface area (TPSA) is 44.4 Å². The minimum absolute atomic E-state index is 0.443. The van der Waals surface area contributed by atoms with Crippen molar-refractivity contribution >= 4 is 25.3 Å². The fourth-order valence-electron chi connectivity index (χ4n) is 3.14. The first-order valence-corrected chi connectivity index (χ1v) is 13.8. The number of benzene rings is 1. The average Bonchev–Trinajstić information content (AvgIpc) is 3.31. The van der Waals surface area contributed by atoms with Crippen LogP contribution in [0.4, 0.5) is 0 Å². The second-order valence-corrected chi connectivity index (χ2v) is 14.5. The second-order valence-electron chi connectivity index (χ2n) is 8.40. The third kappa shape index (κ3) is 4.78. The molecule has 7 heteroatoms. The maximum Gasteiger partial charge on any atom is 0.139 e. The first-order chi connectivity index (χ1) is 13.9. The quantitative estimate of drug-likeness (QED) is 0.277. The highest BCUT2D eigenvalue weighted by Gasteiger charge is 2.15. The fraction of sp³-hybridized carbons (Fsp3) is 0.273. The molecule has 3 aromatic heterocycles. The number of halogens is 1. The molecule has 0 amide bonds. The number of hydrogen-bond donors (Lipinski definition) is 0. The van der Waals surface area contributed by atoms with Gasteiger partial charge >= 0.3 is 0 Å². The Morgan fingerprint density at radius 2 is 1.76 bits per heavy atom. The van der Waals surface area contributed by atoms with Crippen LogP contribution in [0.15, 0.2) is 61.2 Å². The van der Waals surface area contributed by atoms with Crippen molar-refractivity contribution in [1.82, 2.24) is 19.2 Å². The summed E-state index contributed by atoms with van der Waals surface area (Å²) in [5, 5.41) is 5.54. The van der Waals surface area contributed by atoms with E-state index in [1.165, 1.54) is 0 Å². The smallest absolute Gasteiger partial charge is 0.139 e. The Hall–Kier alpha value is -2.41. The molecule has 0 N–H and O–H groups in total. The van der Waals surface area contributed by atoms with Crippen LogP contribution in [0.25, 0.3) is 28.0 Å². The van der Waals surface area contributed by atoms with E-state index in [4.69, 9.17) is 21.4 Å². The lowest BCUT2D eigenvalue weighted by atomic mass is 10.0. The average molecular weight is 425 g/mol. The number of ether oxygens (including phenoxy) is 1. The predicted molar refractivity (Wildman–Crippen MR) is 121 cm³/mol. The molecule has 0 spiro atoms. The highest BCUT2D eigenvalue weighted by molar-refractivity contribution is 6.76. The zero-order valence-electron chi connectivity index (χ0n) is 17.0. The van der Waals surface area contributed by atoms with Gasteiger partial charge in [-0.05, 0) is 30.3 Å². The molecule has 0 atom stereocenters. The highest BCUT2D eigenvalue weighted by atomic mass is 35.5. The van der Waals surface area contributed by atoms with Gasteiger partial charge in [-0.2, -0.15) is 5.10 Å². The van der Waals surface area contributed by atoms with Gasteiger partial charge in [0.15, 0.2) is 0 Å². The van der Waals surface area contributed by atoms with E-state index in [-0.39, 0.29) is 0 Å². The molecule has 0 radical (unpaired) electrons. The van der Waals surface area contributed by atoms with E-state index in [1.807, 2.05) is 45.6 Å². The molecule has 0 aliphatic heterocycles. The summed E-state index contributed by atoms with van der Waals surface area (Å²) in [7, 11) is -1.11. The first-order valence-electron chi connectivity index (χ1n) is 9.73. The predicted octanol–water partition coefficient (Wildman–Crippen LogP) is 5.83. The molecule has 29 heavy (non-hydrogen) atoms. The van der Waals surface area contributed by atoms with Gasteiger partial charge < -0.3 is 9.14 Å². The Kier molecular flexibility index (Phi) is 5.58. The van der Waals surface area contributed by atoms with Gasteiger partial charge in [0.25, 0.3) is 0 Å². The van der Waals surface area contributed by atoms with E-state index >= 15 is 0 Å². The van der Waals surface area contributed by atoms with E-state index in [0.717, 1.165) is 40.7 Å². The molecule has 5 nitrogen and oxygen atoms in total. The van der Waals surface area contributed by atoms with Crippen molar-refractivity contribution in [3.05, 3.63) is 66.2 Å². The van der Waals surface area contributed by atoms with Crippen LogP contribution >= 0.6 is 11.6 Å². The summed E-state index contributed by atoms with van der Waals surface area (Å²) >= 11 is 6.08. The highest BCUT2D eigenvalue weighted by Crippen LogP contribution is 2.32. The van der Waals surface area contributed by atoms with Crippen LogP contribution in [-0.2, 0) is 11.5 Å². The van der Waals surface area contributed by atoms with Crippen LogP contribution in [0.2, 0.25) is 30.7 Å². The molecule has 4 rings (SSSR count). The molecule has 0 bridgehead atoms. The van der Waals surface area contributed by atoms with E-state index in [1.54, 1.807) is 6.20 Å². The molecular formula is C22H25ClN4OSi. The van der Waals surface area contributed by atoms with Crippen LogP contribution in [-0.4, -0.2) is 33.8 Å². The third-order valence-electron chi connectivity index (χ3n) is 4.80. The molecule has 0 saturated carbocycles. The maximum absolute atomic E-state index is 6.08. The van der Waals surface area contributed by atoms with E-state index in [9.17, 15) is 0 Å². The molecule has 0 unspecified atom stereocenters. The number of hydrogen-bond acceptors (Lipinski definition) is 3. The lowest BCUT2D eigenvalue weighted by molar-refractivity contribution is 0.0788. The Balaban J connectivity index is 1.66. The van der Waals surface area contributed by atoms with Crippen molar-refractivity contribution in [2.24, 2.45) is 0 Å². The minimum atomic E-state index is -1.11. The van der Waals surface area contributed by atoms with Gasteiger partial charge in [0.2, 0.25) is 0 Å². The molecule has 150 valence electrons. The second kappa shape index (κ2) is 8.14. The largest absolute Gasteiger partial charge is 0.360 e. The summed E-state index contributed by atoms with van der Waals surface area (Å²) in [5.41, 5.74) is 4.99. The third-order valence-corrected chi connectivity index (χ3v) is 6.76. The summed E-state index contributed by atoms with van der Waals surface area (Å²) in [6, 6.07) is 13.0. The van der Waals surface area contributed by atoms with Crippen molar-refractivity contribution in [2.45, 2.75) is 32.4 Å². The normalized spacial score (nSPS) is 12.0. The van der Waals surface area contributed by atoms with Crippen LogP contribution in [0.1, 0.15) is 0 Å². The van der Waals surface area contributed by atoms with Crippen LogP contribution < -0.4 is 0 Å². The monoisotopic (exact) mass is 424 g/mol. The Morgan fingerprint density at radius 1 is 1.00 bits per heavy atom. The van der Waals surface area contributed by atoms with Gasteiger partial charge in [0.05, 0.1) is 0 Å². The lowest BCUT2D eigenvalue weighted by Crippen LogP contribution is -2.22. The van der Waals surface area contributed by atoms with Crippen LogP contribution in [0.5, 0.6) is 0 Å². The van der Waals surface area contributed by atoms with E-state index < -0.39 is 8.07 Å².